The second-order valence-corrected chi connectivity index (χ2v) is 3.79. The van der Waals surface area contributed by atoms with Gasteiger partial charge in [0.15, 0.2) is 0 Å². The van der Waals surface area contributed by atoms with Crippen molar-refractivity contribution in [2.75, 3.05) is 11.9 Å². The lowest BCUT2D eigenvalue weighted by atomic mass is 9.89. The van der Waals surface area contributed by atoms with Crippen LogP contribution >= 0.6 is 15.9 Å². The number of halogens is 1. The number of ether oxygens (including phenoxy) is 1. The van der Waals surface area contributed by atoms with Crippen molar-refractivity contribution >= 4 is 27.7 Å². The third-order valence-electron chi connectivity index (χ3n) is 2.24. The van der Waals surface area contributed by atoms with Crippen LogP contribution in [0.4, 0.5) is 0 Å². The lowest BCUT2D eigenvalue weighted by Crippen LogP contribution is -2.25. The summed E-state index contributed by atoms with van der Waals surface area (Å²) in [5.41, 5.74) is 0. The zero-order valence-electron chi connectivity index (χ0n) is 7.42. The Morgan fingerprint density at radius 1 is 1.54 bits per heavy atom. The minimum Gasteiger partial charge on any atom is -0.464 e. The van der Waals surface area contributed by atoms with Crippen LogP contribution < -0.4 is 0 Å². The number of carbonyl (C=O) groups is 2. The van der Waals surface area contributed by atoms with E-state index in [0.29, 0.717) is 6.42 Å². The molecule has 0 saturated heterocycles. The summed E-state index contributed by atoms with van der Waals surface area (Å²) in [4.78, 5) is 22.1. The number of hydrogen-bond acceptors (Lipinski definition) is 3. The molecule has 0 spiro atoms. The van der Waals surface area contributed by atoms with E-state index in [1.165, 1.54) is 0 Å². The molecule has 0 N–H and O–H groups in total. The van der Waals surface area contributed by atoms with Gasteiger partial charge in [0.25, 0.3) is 0 Å². The Morgan fingerprint density at radius 3 is 2.92 bits per heavy atom. The maximum atomic E-state index is 11.3. The molecule has 0 amide bonds. The van der Waals surface area contributed by atoms with Gasteiger partial charge in [-0.25, -0.2) is 0 Å². The standard InChI is InChI=1S/C9H13BrO3/c10-5-9(12)13-6-7-3-1-2-4-8(7)11/h7H,1-6H2. The zero-order chi connectivity index (χ0) is 9.68. The van der Waals surface area contributed by atoms with Crippen LogP contribution in [0.1, 0.15) is 25.7 Å². The van der Waals surface area contributed by atoms with Gasteiger partial charge in [-0.1, -0.05) is 22.4 Å². The molecule has 1 rings (SSSR count). The van der Waals surface area contributed by atoms with Gasteiger partial charge in [-0.3, -0.25) is 9.59 Å². The number of hydrogen-bond donors (Lipinski definition) is 0. The molecule has 74 valence electrons. The molecule has 0 aromatic carbocycles. The summed E-state index contributed by atoms with van der Waals surface area (Å²) in [5.74, 6) is -0.0938. The normalized spacial score (nSPS) is 22.8. The summed E-state index contributed by atoms with van der Waals surface area (Å²) in [6.45, 7) is 0.267. The molecule has 1 saturated carbocycles. The Morgan fingerprint density at radius 2 is 2.31 bits per heavy atom. The predicted octanol–water partition coefficient (Wildman–Crippen LogP) is 1.68. The van der Waals surface area contributed by atoms with E-state index in [4.69, 9.17) is 4.74 Å². The van der Waals surface area contributed by atoms with Crippen molar-refractivity contribution in [3.8, 4) is 0 Å². The van der Waals surface area contributed by atoms with Crippen molar-refractivity contribution < 1.29 is 14.3 Å². The van der Waals surface area contributed by atoms with Crippen molar-refractivity contribution in [3.63, 3.8) is 0 Å². The van der Waals surface area contributed by atoms with Crippen LogP contribution in [0.3, 0.4) is 0 Å². The number of Topliss-reactive ketones (excluding diaryl/α,β-unsaturated/α-hetero) is 1. The van der Waals surface area contributed by atoms with Crippen LogP contribution in [-0.4, -0.2) is 23.7 Å². The highest BCUT2D eigenvalue weighted by molar-refractivity contribution is 9.09. The third kappa shape index (κ3) is 3.46. The fourth-order valence-electron chi connectivity index (χ4n) is 1.46. The highest BCUT2D eigenvalue weighted by Gasteiger charge is 2.23. The average molecular weight is 249 g/mol. The first-order valence-corrected chi connectivity index (χ1v) is 5.60. The van der Waals surface area contributed by atoms with Gasteiger partial charge in [-0.2, -0.15) is 0 Å². The molecule has 0 aromatic heterocycles. The zero-order valence-corrected chi connectivity index (χ0v) is 9.01. The average Bonchev–Trinajstić information content (AvgIpc) is 2.16. The topological polar surface area (TPSA) is 43.4 Å². The van der Waals surface area contributed by atoms with E-state index in [0.717, 1.165) is 19.3 Å². The third-order valence-corrected chi connectivity index (χ3v) is 2.69. The Bertz CT molecular complexity index is 203. The minimum absolute atomic E-state index is 0.0447. The first-order chi connectivity index (χ1) is 6.24. The van der Waals surface area contributed by atoms with E-state index in [-0.39, 0.29) is 29.6 Å². The highest BCUT2D eigenvalue weighted by Crippen LogP contribution is 2.20. The van der Waals surface area contributed by atoms with Gasteiger partial charge in [0, 0.05) is 6.42 Å². The molecule has 1 aliphatic rings. The fraction of sp³-hybridized carbons (Fsp3) is 0.778. The lowest BCUT2D eigenvalue weighted by molar-refractivity contribution is -0.143. The summed E-state index contributed by atoms with van der Waals surface area (Å²) >= 11 is 3.00. The number of esters is 1. The highest BCUT2D eigenvalue weighted by atomic mass is 79.9. The van der Waals surface area contributed by atoms with Crippen LogP contribution in [-0.2, 0) is 14.3 Å². The Kier molecular flexibility index (Phi) is 4.42. The molecule has 1 atom stereocenters. The molecule has 4 heteroatoms. The molecular weight excluding hydrogens is 236 g/mol. The van der Waals surface area contributed by atoms with Gasteiger partial charge < -0.3 is 4.74 Å². The molecule has 1 fully saturated rings. The van der Waals surface area contributed by atoms with Crippen molar-refractivity contribution in [2.45, 2.75) is 25.7 Å². The Hall–Kier alpha value is -0.380. The number of ketones is 1. The van der Waals surface area contributed by atoms with E-state index in [1.807, 2.05) is 0 Å². The molecule has 13 heavy (non-hydrogen) atoms. The number of rotatable bonds is 3. The second kappa shape index (κ2) is 5.37. The smallest absolute Gasteiger partial charge is 0.316 e. The maximum absolute atomic E-state index is 11.3. The molecule has 0 aliphatic heterocycles. The molecule has 0 heterocycles. The first kappa shape index (κ1) is 10.7. The van der Waals surface area contributed by atoms with Crippen molar-refractivity contribution in [3.05, 3.63) is 0 Å². The molecular formula is C9H13BrO3. The van der Waals surface area contributed by atoms with Crippen molar-refractivity contribution in [2.24, 2.45) is 5.92 Å². The summed E-state index contributed by atoms with van der Waals surface area (Å²) in [6.07, 6.45) is 3.58. The van der Waals surface area contributed by atoms with E-state index >= 15 is 0 Å². The van der Waals surface area contributed by atoms with Crippen LogP contribution in [0, 0.1) is 5.92 Å². The van der Waals surface area contributed by atoms with Crippen LogP contribution in [0.25, 0.3) is 0 Å². The van der Waals surface area contributed by atoms with Crippen LogP contribution in [0.2, 0.25) is 0 Å². The van der Waals surface area contributed by atoms with Crippen molar-refractivity contribution in [1.82, 2.24) is 0 Å². The molecule has 1 aliphatic carbocycles. The van der Waals surface area contributed by atoms with Gasteiger partial charge in [0.05, 0.1) is 5.92 Å². The summed E-state index contributed by atoms with van der Waals surface area (Å²) in [7, 11) is 0. The molecule has 0 bridgehead atoms. The maximum Gasteiger partial charge on any atom is 0.316 e. The predicted molar refractivity (Wildman–Crippen MR) is 51.7 cm³/mol. The Balaban J connectivity index is 2.26. The quantitative estimate of drug-likeness (QED) is 0.564. The molecule has 1 unspecified atom stereocenters. The minimum atomic E-state index is -0.293. The van der Waals surface area contributed by atoms with Gasteiger partial charge in [0.2, 0.25) is 0 Å². The van der Waals surface area contributed by atoms with E-state index in [9.17, 15) is 9.59 Å². The van der Waals surface area contributed by atoms with E-state index < -0.39 is 0 Å². The van der Waals surface area contributed by atoms with Crippen LogP contribution in [0.5, 0.6) is 0 Å². The number of carbonyl (C=O) groups excluding carboxylic acids is 2. The van der Waals surface area contributed by atoms with Gasteiger partial charge in [-0.15, -0.1) is 0 Å². The summed E-state index contributed by atoms with van der Waals surface area (Å²) in [5, 5.41) is 0.202. The fourth-order valence-corrected chi connectivity index (χ4v) is 1.63. The summed E-state index contributed by atoms with van der Waals surface area (Å²) in [6, 6.07) is 0. The second-order valence-electron chi connectivity index (χ2n) is 3.23. The van der Waals surface area contributed by atoms with Crippen molar-refractivity contribution in [1.29, 1.82) is 0 Å². The van der Waals surface area contributed by atoms with Gasteiger partial charge in [-0.05, 0) is 12.8 Å². The Labute approximate surface area is 86.0 Å². The van der Waals surface area contributed by atoms with E-state index in [2.05, 4.69) is 15.9 Å². The van der Waals surface area contributed by atoms with Crippen LogP contribution in [0.15, 0.2) is 0 Å². The first-order valence-electron chi connectivity index (χ1n) is 4.48. The molecule has 3 nitrogen and oxygen atoms in total. The largest absolute Gasteiger partial charge is 0.464 e. The SMILES string of the molecule is O=C(CBr)OCC1CCCCC1=O. The van der Waals surface area contributed by atoms with E-state index in [1.54, 1.807) is 0 Å². The molecule has 0 aromatic rings. The molecule has 0 radical (unpaired) electrons. The van der Waals surface area contributed by atoms with Gasteiger partial charge >= 0.3 is 5.97 Å². The monoisotopic (exact) mass is 248 g/mol. The number of alkyl halides is 1. The summed E-state index contributed by atoms with van der Waals surface area (Å²) < 4.78 is 4.89. The van der Waals surface area contributed by atoms with Gasteiger partial charge in [0.1, 0.15) is 17.7 Å². The lowest BCUT2D eigenvalue weighted by Gasteiger charge is -2.19.